The first-order valence-corrected chi connectivity index (χ1v) is 9.95. The number of benzene rings is 2. The van der Waals surface area contributed by atoms with Gasteiger partial charge in [0.25, 0.3) is 0 Å². The van der Waals surface area contributed by atoms with Crippen LogP contribution >= 0.6 is 0 Å². The molecule has 31 heavy (non-hydrogen) atoms. The number of carboxylic acid groups (broad SMARTS) is 1. The highest BCUT2D eigenvalue weighted by molar-refractivity contribution is 6.20. The Morgan fingerprint density at radius 3 is 2.26 bits per heavy atom. The van der Waals surface area contributed by atoms with Gasteiger partial charge in [0.1, 0.15) is 6.54 Å². The Morgan fingerprint density at radius 1 is 1.03 bits per heavy atom. The van der Waals surface area contributed by atoms with Crippen molar-refractivity contribution in [2.75, 3.05) is 19.8 Å². The fourth-order valence-electron chi connectivity index (χ4n) is 4.03. The van der Waals surface area contributed by atoms with E-state index in [1.807, 2.05) is 54.6 Å². The number of aliphatic carboxylic acids is 1. The quantitative estimate of drug-likeness (QED) is 0.678. The van der Waals surface area contributed by atoms with Crippen LogP contribution in [0, 0.1) is 5.92 Å². The molecule has 2 aliphatic heterocycles. The van der Waals surface area contributed by atoms with Crippen LogP contribution in [-0.4, -0.2) is 58.9 Å². The number of ether oxygens (including phenoxy) is 1. The molecule has 0 aliphatic carbocycles. The number of carboxylic acids is 1. The van der Waals surface area contributed by atoms with E-state index >= 15 is 0 Å². The van der Waals surface area contributed by atoms with Gasteiger partial charge in [-0.3, -0.25) is 19.2 Å². The van der Waals surface area contributed by atoms with E-state index in [0.717, 1.165) is 16.7 Å². The predicted molar refractivity (Wildman–Crippen MR) is 110 cm³/mol. The van der Waals surface area contributed by atoms with Crippen LogP contribution in [0.15, 0.2) is 54.6 Å². The van der Waals surface area contributed by atoms with E-state index in [0.29, 0.717) is 0 Å². The number of carbonyl (C=O) groups is 4. The number of ketones is 1. The minimum Gasteiger partial charge on any atom is -0.480 e. The zero-order valence-corrected chi connectivity index (χ0v) is 16.7. The Hall–Kier alpha value is -3.52. The first-order valence-electron chi connectivity index (χ1n) is 9.95. The second-order valence-corrected chi connectivity index (χ2v) is 7.89. The molecule has 4 rings (SSSR count). The van der Waals surface area contributed by atoms with Crippen molar-refractivity contribution in [2.45, 2.75) is 18.5 Å². The Kier molecular flexibility index (Phi) is 5.56. The molecule has 0 saturated carbocycles. The first kappa shape index (κ1) is 20.7. The topological polar surface area (TPSA) is 113 Å². The number of nitrogens with one attached hydrogen (secondary N) is 1. The lowest BCUT2D eigenvalue weighted by Crippen LogP contribution is -2.70. The molecule has 2 heterocycles. The fraction of sp³-hybridized carbons (Fsp3) is 0.304. The summed E-state index contributed by atoms with van der Waals surface area (Å²) in [5, 5.41) is 10.9. The van der Waals surface area contributed by atoms with Gasteiger partial charge in [0.2, 0.25) is 11.8 Å². The fourth-order valence-corrected chi connectivity index (χ4v) is 4.03. The monoisotopic (exact) mass is 422 g/mol. The Bertz CT molecular complexity index is 1010. The number of nitrogens with zero attached hydrogens (tertiary/aromatic N) is 1. The molecule has 2 fully saturated rings. The molecule has 2 aromatic carbocycles. The van der Waals surface area contributed by atoms with Gasteiger partial charge in [0.15, 0.2) is 11.7 Å². The average molecular weight is 422 g/mol. The number of Topliss-reactive ketones (excluding diaryl/α,β-unsaturated/α-hetero) is 1. The van der Waals surface area contributed by atoms with Crippen LogP contribution in [-0.2, 0) is 30.5 Å². The lowest BCUT2D eigenvalue weighted by Gasteiger charge is -2.52. The third kappa shape index (κ3) is 4.06. The highest BCUT2D eigenvalue weighted by Gasteiger charge is 2.56. The van der Waals surface area contributed by atoms with Gasteiger partial charge in [-0.15, -0.1) is 0 Å². The smallest absolute Gasteiger partial charge is 0.322 e. The molecular weight excluding hydrogens is 400 g/mol. The maximum absolute atomic E-state index is 13.2. The molecule has 2 aromatic rings. The lowest BCUT2D eigenvalue weighted by atomic mass is 9.78. The van der Waals surface area contributed by atoms with Crippen LogP contribution in [0.25, 0.3) is 11.1 Å². The van der Waals surface area contributed by atoms with Crippen molar-refractivity contribution in [3.63, 3.8) is 0 Å². The van der Waals surface area contributed by atoms with Gasteiger partial charge < -0.3 is 20.1 Å². The SMILES string of the molecule is O=C(O)CNC(=O)C1C(=O)CC2(COC2)N(Cc2ccc(-c3ccccc3)cc2)C1=O. The van der Waals surface area contributed by atoms with Crippen LogP contribution in [0.3, 0.4) is 0 Å². The minimum absolute atomic E-state index is 0.00595. The number of amides is 2. The number of hydrogen-bond donors (Lipinski definition) is 2. The van der Waals surface area contributed by atoms with Gasteiger partial charge in [0.05, 0.1) is 18.8 Å². The largest absolute Gasteiger partial charge is 0.480 e. The van der Waals surface area contributed by atoms with E-state index in [9.17, 15) is 19.2 Å². The van der Waals surface area contributed by atoms with Crippen molar-refractivity contribution >= 4 is 23.6 Å². The molecule has 1 unspecified atom stereocenters. The maximum atomic E-state index is 13.2. The molecule has 160 valence electrons. The predicted octanol–water partition coefficient (Wildman–Crippen LogP) is 1.24. The highest BCUT2D eigenvalue weighted by Crippen LogP contribution is 2.37. The summed E-state index contributed by atoms with van der Waals surface area (Å²) in [5.74, 6) is -4.78. The van der Waals surface area contributed by atoms with Crippen molar-refractivity contribution < 1.29 is 29.0 Å². The molecular formula is C23H22N2O6. The van der Waals surface area contributed by atoms with E-state index in [1.54, 1.807) is 4.90 Å². The maximum Gasteiger partial charge on any atom is 0.322 e. The van der Waals surface area contributed by atoms with Crippen molar-refractivity contribution in [1.29, 1.82) is 0 Å². The second-order valence-electron chi connectivity index (χ2n) is 7.89. The Morgan fingerprint density at radius 2 is 1.68 bits per heavy atom. The molecule has 0 aromatic heterocycles. The number of carbonyl (C=O) groups excluding carboxylic acids is 3. The van der Waals surface area contributed by atoms with Gasteiger partial charge in [0, 0.05) is 13.0 Å². The van der Waals surface area contributed by atoms with Gasteiger partial charge in [-0.2, -0.15) is 0 Å². The number of rotatable bonds is 6. The van der Waals surface area contributed by atoms with E-state index < -0.39 is 41.6 Å². The van der Waals surface area contributed by atoms with Crippen LogP contribution in [0.5, 0.6) is 0 Å². The van der Waals surface area contributed by atoms with Crippen LogP contribution in [0.4, 0.5) is 0 Å². The first-order chi connectivity index (χ1) is 14.9. The average Bonchev–Trinajstić information content (AvgIpc) is 2.74. The van der Waals surface area contributed by atoms with Crippen molar-refractivity contribution in [3.05, 3.63) is 60.2 Å². The summed E-state index contributed by atoms with van der Waals surface area (Å²) in [6, 6.07) is 17.6. The molecule has 2 aliphatic rings. The number of piperidine rings is 1. The molecule has 0 bridgehead atoms. The third-order valence-corrected chi connectivity index (χ3v) is 5.73. The van der Waals surface area contributed by atoms with Crippen LogP contribution < -0.4 is 5.32 Å². The molecule has 8 nitrogen and oxygen atoms in total. The minimum atomic E-state index is -1.53. The summed E-state index contributed by atoms with van der Waals surface area (Å²) < 4.78 is 5.31. The van der Waals surface area contributed by atoms with Gasteiger partial charge in [-0.25, -0.2) is 0 Å². The van der Waals surface area contributed by atoms with E-state index in [2.05, 4.69) is 5.32 Å². The summed E-state index contributed by atoms with van der Waals surface area (Å²) in [5.41, 5.74) is 2.22. The third-order valence-electron chi connectivity index (χ3n) is 5.73. The molecule has 2 saturated heterocycles. The standard InChI is InChI=1S/C23H22N2O6/c26-18-10-23(13-31-14-23)25(22(30)20(18)21(29)24-11-19(27)28)12-15-6-8-17(9-7-15)16-4-2-1-3-5-16/h1-9,20H,10-14H2,(H,24,29)(H,27,28). The van der Waals surface area contributed by atoms with Gasteiger partial charge in [-0.1, -0.05) is 54.6 Å². The lowest BCUT2D eigenvalue weighted by molar-refractivity contribution is -0.188. The molecule has 8 heteroatoms. The molecule has 0 radical (unpaired) electrons. The number of likely N-dealkylation sites (tertiary alicyclic amines) is 1. The molecule has 2 amide bonds. The molecule has 2 N–H and O–H groups in total. The molecule has 1 atom stereocenters. The van der Waals surface area contributed by atoms with Crippen molar-refractivity contribution in [3.8, 4) is 11.1 Å². The van der Waals surface area contributed by atoms with Gasteiger partial charge in [-0.05, 0) is 16.7 Å². The van der Waals surface area contributed by atoms with Crippen LogP contribution in [0.2, 0.25) is 0 Å². The summed E-state index contributed by atoms with van der Waals surface area (Å²) in [4.78, 5) is 50.4. The van der Waals surface area contributed by atoms with Crippen LogP contribution in [0.1, 0.15) is 12.0 Å². The van der Waals surface area contributed by atoms with Crippen molar-refractivity contribution in [1.82, 2.24) is 10.2 Å². The second kappa shape index (κ2) is 8.31. The van der Waals surface area contributed by atoms with E-state index in [4.69, 9.17) is 9.84 Å². The summed E-state index contributed by atoms with van der Waals surface area (Å²) in [6.45, 7) is 0.0461. The summed E-state index contributed by atoms with van der Waals surface area (Å²) in [6.07, 6.45) is 0.00595. The zero-order chi connectivity index (χ0) is 22.0. The highest BCUT2D eigenvalue weighted by atomic mass is 16.5. The zero-order valence-electron chi connectivity index (χ0n) is 16.7. The van der Waals surface area contributed by atoms with Gasteiger partial charge >= 0.3 is 5.97 Å². The Balaban J connectivity index is 1.55. The van der Waals surface area contributed by atoms with E-state index in [-0.39, 0.29) is 26.2 Å². The molecule has 1 spiro atoms. The number of hydrogen-bond acceptors (Lipinski definition) is 5. The van der Waals surface area contributed by atoms with E-state index in [1.165, 1.54) is 0 Å². The summed E-state index contributed by atoms with van der Waals surface area (Å²) in [7, 11) is 0. The summed E-state index contributed by atoms with van der Waals surface area (Å²) >= 11 is 0. The van der Waals surface area contributed by atoms with Crippen molar-refractivity contribution in [2.24, 2.45) is 5.92 Å². The normalized spacial score (nSPS) is 19.7. The Labute approximate surface area is 178 Å².